The van der Waals surface area contributed by atoms with Crippen LogP contribution in [0.4, 0.5) is 21.2 Å². The molecular weight excluding hydrogens is 701 g/mol. The van der Waals surface area contributed by atoms with Gasteiger partial charge in [-0.2, -0.15) is 0 Å². The lowest BCUT2D eigenvalue weighted by Crippen LogP contribution is -2.45. The van der Waals surface area contributed by atoms with Crippen LogP contribution >= 0.6 is 11.6 Å². The summed E-state index contributed by atoms with van der Waals surface area (Å²) < 4.78 is 28.9. The predicted molar refractivity (Wildman–Crippen MR) is 200 cm³/mol. The highest BCUT2D eigenvalue weighted by Crippen LogP contribution is 2.60. The summed E-state index contributed by atoms with van der Waals surface area (Å²) in [6, 6.07) is 29.4. The molecule has 52 heavy (non-hydrogen) atoms. The van der Waals surface area contributed by atoms with E-state index in [1.165, 1.54) is 0 Å². The first-order chi connectivity index (χ1) is 24.9. The molecule has 7 rings (SSSR count). The first-order valence-corrected chi connectivity index (χ1v) is 20.8. The van der Waals surface area contributed by atoms with Gasteiger partial charge in [-0.15, -0.1) is 0 Å². The number of nitrogens with zero attached hydrogens (tertiary/aromatic N) is 3. The molecule has 1 spiro atoms. The lowest BCUT2D eigenvalue weighted by Gasteiger charge is -2.31. The average Bonchev–Trinajstić information content (AvgIpc) is 3.54. The van der Waals surface area contributed by atoms with Gasteiger partial charge in [-0.3, -0.25) is 19.3 Å². The van der Waals surface area contributed by atoms with Crippen LogP contribution in [0.5, 0.6) is 5.75 Å². The van der Waals surface area contributed by atoms with E-state index in [-0.39, 0.29) is 57.0 Å². The normalized spacial score (nSPS) is 22.4. The smallest absolute Gasteiger partial charge is 0.269 e. The van der Waals surface area contributed by atoms with Gasteiger partial charge in [-0.05, 0) is 66.7 Å². The third kappa shape index (κ3) is 6.40. The van der Waals surface area contributed by atoms with E-state index in [2.05, 4.69) is 0 Å². The molecule has 4 aromatic rings. The molecule has 270 valence electrons. The summed E-state index contributed by atoms with van der Waals surface area (Å²) in [6.45, 7) is 5.23. The summed E-state index contributed by atoms with van der Waals surface area (Å²) in [5.74, 6) is -0.888. The van der Waals surface area contributed by atoms with Crippen LogP contribution in [0, 0.1) is 5.92 Å². The second-order valence-electron chi connectivity index (χ2n) is 14.2. The number of para-hydroxylation sites is 2. The van der Waals surface area contributed by atoms with Crippen molar-refractivity contribution in [2.75, 3.05) is 29.6 Å². The minimum Gasteiger partial charge on any atom is -0.482 e. The predicted octanol–water partition coefficient (Wildman–Crippen LogP) is 7.13. The van der Waals surface area contributed by atoms with Gasteiger partial charge in [0.05, 0.1) is 37.1 Å². The minimum atomic E-state index is -3.56. The van der Waals surface area contributed by atoms with E-state index >= 15 is 4.11 Å². The second kappa shape index (κ2) is 14.1. The molecule has 0 aliphatic carbocycles. The van der Waals surface area contributed by atoms with Gasteiger partial charge < -0.3 is 28.5 Å². The zero-order valence-electron chi connectivity index (χ0n) is 29.3. The van der Waals surface area contributed by atoms with E-state index < -0.39 is 31.6 Å². The highest BCUT2D eigenvalue weighted by molar-refractivity contribution is 6.72. The van der Waals surface area contributed by atoms with E-state index in [4.69, 9.17) is 21.1 Å². The van der Waals surface area contributed by atoms with Crippen molar-refractivity contribution in [2.24, 2.45) is 5.92 Å². The van der Waals surface area contributed by atoms with Gasteiger partial charge in [-0.1, -0.05) is 73.1 Å². The maximum atomic E-state index is 16.5. The standard InChI is InChI=1S/C40H41ClFN3O6Si/c1-26-38(52(2,3)42)35(22-36(47)43(18-19-46)23-27-10-5-4-6-11-27)51-40(26)31-21-29(41)16-17-32(31)44(39(40)49)24-28-12-9-13-30(20-28)45-33-14-7-8-15-34(33)50-25-37(45)48/h4-17,20-21,26,35,38,46H,18-19,22-25H2,1-3H3/t26-,35+,38-,40+/m1/s1. The molecule has 0 radical (unpaired) electrons. The zero-order chi connectivity index (χ0) is 36.8. The Balaban J connectivity index is 1.21. The summed E-state index contributed by atoms with van der Waals surface area (Å²) in [5.41, 5.74) is 1.78. The van der Waals surface area contributed by atoms with Gasteiger partial charge in [-0.25, -0.2) is 0 Å². The molecule has 1 saturated heterocycles. The molecule has 9 nitrogen and oxygen atoms in total. The number of hydrogen-bond acceptors (Lipinski definition) is 6. The van der Waals surface area contributed by atoms with Crippen LogP contribution in [0.1, 0.15) is 30.0 Å². The molecule has 3 aliphatic heterocycles. The Labute approximate surface area is 308 Å². The largest absolute Gasteiger partial charge is 0.482 e. The molecule has 3 heterocycles. The van der Waals surface area contributed by atoms with Crippen LogP contribution < -0.4 is 14.5 Å². The quantitative estimate of drug-likeness (QED) is 0.137. The first-order valence-electron chi connectivity index (χ1n) is 17.5. The van der Waals surface area contributed by atoms with Crippen molar-refractivity contribution in [3.05, 3.63) is 119 Å². The van der Waals surface area contributed by atoms with Crippen LogP contribution in [0.3, 0.4) is 0 Å². The number of carbonyl (C=O) groups excluding carboxylic acids is 3. The molecule has 1 fully saturated rings. The Hall–Kier alpha value is -4.55. The van der Waals surface area contributed by atoms with Crippen LogP contribution in [0.15, 0.2) is 97.1 Å². The number of rotatable bonds is 10. The summed E-state index contributed by atoms with van der Waals surface area (Å²) >= 11 is 6.57. The molecule has 1 N–H and O–H groups in total. The van der Waals surface area contributed by atoms with E-state index in [1.807, 2.05) is 85.8 Å². The van der Waals surface area contributed by atoms with E-state index in [0.717, 1.165) is 11.1 Å². The van der Waals surface area contributed by atoms with Gasteiger partial charge in [0, 0.05) is 40.8 Å². The molecule has 4 aromatic carbocycles. The van der Waals surface area contributed by atoms with Crippen LogP contribution in [0.25, 0.3) is 0 Å². The summed E-state index contributed by atoms with van der Waals surface area (Å²) in [4.78, 5) is 46.7. The highest BCUT2D eigenvalue weighted by Gasteiger charge is 2.67. The Morgan fingerprint density at radius 1 is 0.981 bits per heavy atom. The maximum Gasteiger partial charge on any atom is 0.269 e. The Bertz CT molecular complexity index is 2010. The lowest BCUT2D eigenvalue weighted by molar-refractivity contribution is -0.150. The van der Waals surface area contributed by atoms with Crippen LogP contribution in [-0.4, -0.2) is 62.0 Å². The number of carbonyl (C=O) groups is 3. The molecule has 3 aliphatic rings. The summed E-state index contributed by atoms with van der Waals surface area (Å²) in [7, 11) is -3.56. The average molecular weight is 742 g/mol. The van der Waals surface area contributed by atoms with Crippen molar-refractivity contribution in [1.29, 1.82) is 0 Å². The molecule has 0 saturated carbocycles. The third-order valence-corrected chi connectivity index (χ3v) is 13.1. The SMILES string of the molecule is C[C@@H]1[C@@H]([Si](C)(C)F)[C@H](CC(=O)N(CCO)Cc2ccccc2)O[C@@]12C(=O)N(Cc1cccc(N3C(=O)COc4ccccc43)c1)c1ccc(Cl)cc12. The number of fused-ring (bicyclic) bond motifs is 3. The fraction of sp³-hybridized carbons (Fsp3) is 0.325. The Morgan fingerprint density at radius 3 is 2.46 bits per heavy atom. The number of hydrogen-bond donors (Lipinski definition) is 1. The fourth-order valence-corrected chi connectivity index (χ4v) is 10.9. The number of halogens is 2. The molecular formula is C40H41ClFN3O6Si. The topological polar surface area (TPSA) is 99.6 Å². The third-order valence-electron chi connectivity index (χ3n) is 10.5. The zero-order valence-corrected chi connectivity index (χ0v) is 31.1. The van der Waals surface area contributed by atoms with Crippen molar-refractivity contribution >= 4 is 54.8 Å². The van der Waals surface area contributed by atoms with Gasteiger partial charge in [0.1, 0.15) is 5.75 Å². The molecule has 0 unspecified atom stereocenters. The Morgan fingerprint density at radius 2 is 1.71 bits per heavy atom. The maximum absolute atomic E-state index is 16.5. The van der Waals surface area contributed by atoms with Crippen molar-refractivity contribution in [1.82, 2.24) is 4.90 Å². The number of amides is 3. The first kappa shape index (κ1) is 35.8. The highest BCUT2D eigenvalue weighted by atomic mass is 35.5. The molecule has 3 amide bonds. The number of benzene rings is 4. The molecule has 4 atom stereocenters. The van der Waals surface area contributed by atoms with Gasteiger partial charge in [0.2, 0.25) is 14.3 Å². The molecule has 0 aromatic heterocycles. The molecule has 12 heteroatoms. The van der Waals surface area contributed by atoms with Crippen molar-refractivity contribution in [2.45, 2.75) is 56.8 Å². The van der Waals surface area contributed by atoms with E-state index in [0.29, 0.717) is 33.4 Å². The number of aliphatic hydroxyl groups is 1. The van der Waals surface area contributed by atoms with Gasteiger partial charge in [0.15, 0.2) is 12.2 Å². The second-order valence-corrected chi connectivity index (χ2v) is 18.4. The monoisotopic (exact) mass is 741 g/mol. The van der Waals surface area contributed by atoms with E-state index in [1.54, 1.807) is 46.0 Å². The van der Waals surface area contributed by atoms with Crippen molar-refractivity contribution in [3.63, 3.8) is 0 Å². The number of ether oxygens (including phenoxy) is 2. The number of aliphatic hydroxyl groups excluding tert-OH is 1. The summed E-state index contributed by atoms with van der Waals surface area (Å²) in [6.07, 6.45) is -1.04. The summed E-state index contributed by atoms with van der Waals surface area (Å²) in [5, 5.41) is 10.2. The van der Waals surface area contributed by atoms with E-state index in [9.17, 15) is 19.5 Å². The lowest BCUT2D eigenvalue weighted by atomic mass is 9.82. The Kier molecular flexibility index (Phi) is 9.72. The van der Waals surface area contributed by atoms with Crippen LogP contribution in [0.2, 0.25) is 23.7 Å². The van der Waals surface area contributed by atoms with Crippen molar-refractivity contribution < 1.29 is 33.1 Å². The van der Waals surface area contributed by atoms with Crippen LogP contribution in [-0.2, 0) is 37.8 Å². The van der Waals surface area contributed by atoms with Crippen molar-refractivity contribution in [3.8, 4) is 5.75 Å². The fourth-order valence-electron chi connectivity index (χ4n) is 8.26. The number of anilines is 3. The van der Waals surface area contributed by atoms with Gasteiger partial charge in [0.25, 0.3) is 11.8 Å². The van der Waals surface area contributed by atoms with Gasteiger partial charge >= 0.3 is 0 Å². The minimum absolute atomic E-state index is 0.0964. The molecule has 0 bridgehead atoms.